The van der Waals surface area contributed by atoms with E-state index in [2.05, 4.69) is 17.6 Å². The Morgan fingerprint density at radius 2 is 1.73 bits per heavy atom. The zero-order valence-electron chi connectivity index (χ0n) is 19.3. The molecule has 1 heterocycles. The van der Waals surface area contributed by atoms with Crippen molar-refractivity contribution in [3.63, 3.8) is 0 Å². The molecule has 6 rings (SSSR count). The highest BCUT2D eigenvalue weighted by Gasteiger charge is 2.53. The highest BCUT2D eigenvalue weighted by Crippen LogP contribution is 2.61. The van der Waals surface area contributed by atoms with Gasteiger partial charge in [0, 0.05) is 30.8 Å². The van der Waals surface area contributed by atoms with Gasteiger partial charge in [-0.25, -0.2) is 0 Å². The molecular weight excluding hydrogens is 436 g/mol. The highest BCUT2D eigenvalue weighted by atomic mass is 32.1. The van der Waals surface area contributed by atoms with Crippen molar-refractivity contribution in [2.75, 3.05) is 18.0 Å². The van der Waals surface area contributed by atoms with Crippen LogP contribution >= 0.6 is 12.2 Å². The molecule has 0 spiro atoms. The Morgan fingerprint density at radius 1 is 1.12 bits per heavy atom. The molecule has 7 nitrogen and oxygen atoms in total. The minimum Gasteiger partial charge on any atom is -0.366 e. The van der Waals surface area contributed by atoms with Gasteiger partial charge in [0.05, 0.1) is 4.92 Å². The average Bonchev–Trinajstić information content (AvgIpc) is 2.78. The number of anilines is 1. The first-order chi connectivity index (χ1) is 15.8. The van der Waals surface area contributed by atoms with E-state index in [1.807, 2.05) is 4.90 Å². The Labute approximate surface area is 200 Å². The van der Waals surface area contributed by atoms with Gasteiger partial charge in [0.1, 0.15) is 5.69 Å². The van der Waals surface area contributed by atoms with Crippen molar-refractivity contribution in [2.24, 2.45) is 23.2 Å². The molecule has 0 aromatic heterocycles. The third kappa shape index (κ3) is 4.46. The Bertz CT molecular complexity index is 924. The van der Waals surface area contributed by atoms with Gasteiger partial charge in [0.25, 0.3) is 11.6 Å². The van der Waals surface area contributed by atoms with E-state index >= 15 is 0 Å². The predicted molar refractivity (Wildman–Crippen MR) is 132 cm³/mol. The molecule has 33 heavy (non-hydrogen) atoms. The van der Waals surface area contributed by atoms with Crippen molar-refractivity contribution >= 4 is 34.6 Å². The highest BCUT2D eigenvalue weighted by molar-refractivity contribution is 7.80. The zero-order chi connectivity index (χ0) is 23.2. The summed E-state index contributed by atoms with van der Waals surface area (Å²) >= 11 is 5.49. The minimum absolute atomic E-state index is 0.0228. The van der Waals surface area contributed by atoms with E-state index in [0.717, 1.165) is 50.1 Å². The molecule has 1 atom stereocenters. The molecule has 1 aliphatic heterocycles. The summed E-state index contributed by atoms with van der Waals surface area (Å²) in [5.41, 5.74) is 1.10. The average molecular weight is 471 g/mol. The van der Waals surface area contributed by atoms with Crippen LogP contribution < -0.4 is 15.5 Å². The molecule has 2 N–H and O–H groups in total. The second kappa shape index (κ2) is 8.85. The Balaban J connectivity index is 1.24. The van der Waals surface area contributed by atoms with Crippen molar-refractivity contribution in [3.05, 3.63) is 33.9 Å². The molecule has 8 heteroatoms. The first-order valence-corrected chi connectivity index (χ1v) is 12.9. The van der Waals surface area contributed by atoms with Crippen LogP contribution in [0.4, 0.5) is 11.4 Å². The summed E-state index contributed by atoms with van der Waals surface area (Å²) in [7, 11) is 0. The summed E-state index contributed by atoms with van der Waals surface area (Å²) in [6.07, 6.45) is 11.1. The number of benzene rings is 1. The molecule has 178 valence electrons. The smallest absolute Gasteiger partial charge is 0.293 e. The fraction of sp³-hybridized carbons (Fsp3) is 0.680. The van der Waals surface area contributed by atoms with E-state index in [-0.39, 0.29) is 22.7 Å². The monoisotopic (exact) mass is 470 g/mol. The van der Waals surface area contributed by atoms with Gasteiger partial charge in [-0.3, -0.25) is 20.2 Å². The van der Waals surface area contributed by atoms with E-state index in [0.29, 0.717) is 10.8 Å². The first-order valence-electron chi connectivity index (χ1n) is 12.5. The summed E-state index contributed by atoms with van der Waals surface area (Å²) in [5, 5.41) is 18.2. The Morgan fingerprint density at radius 3 is 2.30 bits per heavy atom. The van der Waals surface area contributed by atoms with E-state index in [9.17, 15) is 14.9 Å². The molecule has 0 radical (unpaired) electrons. The van der Waals surface area contributed by atoms with Gasteiger partial charge in [-0.2, -0.15) is 0 Å². The summed E-state index contributed by atoms with van der Waals surface area (Å²) in [5.74, 6) is 2.14. The Kier molecular flexibility index (Phi) is 6.05. The van der Waals surface area contributed by atoms with E-state index in [1.165, 1.54) is 44.6 Å². The molecule has 0 unspecified atom stereocenters. The largest absolute Gasteiger partial charge is 0.366 e. The molecule has 4 saturated carbocycles. The van der Waals surface area contributed by atoms with Crippen LogP contribution in [-0.2, 0) is 0 Å². The number of nitrogens with zero attached hydrogens (tertiary/aromatic N) is 2. The van der Waals surface area contributed by atoms with Crippen molar-refractivity contribution in [3.8, 4) is 0 Å². The van der Waals surface area contributed by atoms with Crippen LogP contribution in [0.25, 0.3) is 0 Å². The summed E-state index contributed by atoms with van der Waals surface area (Å²) in [6.45, 7) is 3.81. The summed E-state index contributed by atoms with van der Waals surface area (Å²) in [6, 6.07) is 4.95. The minimum atomic E-state index is -0.404. The number of nitrogens with one attached hydrogen (secondary N) is 2. The van der Waals surface area contributed by atoms with Crippen LogP contribution in [-0.4, -0.2) is 35.1 Å². The fourth-order valence-corrected chi connectivity index (χ4v) is 7.75. The van der Waals surface area contributed by atoms with Crippen LogP contribution in [0.1, 0.15) is 75.1 Å². The lowest BCUT2D eigenvalue weighted by atomic mass is 9.48. The quantitative estimate of drug-likeness (QED) is 0.365. The van der Waals surface area contributed by atoms with Crippen molar-refractivity contribution in [1.82, 2.24) is 10.6 Å². The molecule has 5 aliphatic rings. The second-order valence-corrected chi connectivity index (χ2v) is 11.3. The molecule has 5 fully saturated rings. The second-order valence-electron chi connectivity index (χ2n) is 10.9. The molecule has 1 aromatic carbocycles. The maximum Gasteiger partial charge on any atom is 0.293 e. The standard InChI is InChI=1S/C25H34N4O3S/c1-16(25-13-17-9-18(14-25)11-19(10-17)15-25)26-24(33)27-23(30)20-5-6-21(22(12-20)29(31)32)28-7-3-2-4-8-28/h5-6,12,16-19H,2-4,7-11,13-15H2,1H3,(H2,26,27,30,33)/t16-,17?,18?,19?,25?/m1/s1. The Hall–Kier alpha value is -2.22. The number of carbonyl (C=O) groups excluding carboxylic acids is 1. The maximum absolute atomic E-state index is 12.9. The molecule has 1 aromatic rings. The lowest BCUT2D eigenvalue weighted by molar-refractivity contribution is -0.384. The summed E-state index contributed by atoms with van der Waals surface area (Å²) in [4.78, 5) is 26.2. The number of amides is 1. The SMILES string of the molecule is C[C@@H](NC(=S)NC(=O)c1ccc(N2CCCCC2)c([N+](=O)[O-])c1)C12CC3CC(CC(C3)C1)C2. The molecule has 4 bridgehead atoms. The third-order valence-electron chi connectivity index (χ3n) is 8.71. The molecule has 1 amide bonds. The summed E-state index contributed by atoms with van der Waals surface area (Å²) < 4.78 is 0. The number of hydrogen-bond acceptors (Lipinski definition) is 5. The lowest BCUT2D eigenvalue weighted by Gasteiger charge is -2.59. The van der Waals surface area contributed by atoms with Gasteiger partial charge in [0.15, 0.2) is 5.11 Å². The molecular formula is C25H34N4O3S. The van der Waals surface area contributed by atoms with Gasteiger partial charge in [-0.1, -0.05) is 0 Å². The van der Waals surface area contributed by atoms with Crippen LogP contribution in [0.5, 0.6) is 0 Å². The molecule has 4 aliphatic carbocycles. The number of rotatable bonds is 5. The number of hydrogen-bond donors (Lipinski definition) is 2. The predicted octanol–water partition coefficient (Wildman–Crippen LogP) is 4.79. The zero-order valence-corrected chi connectivity index (χ0v) is 20.2. The third-order valence-corrected chi connectivity index (χ3v) is 8.93. The van der Waals surface area contributed by atoms with Crippen molar-refractivity contribution in [2.45, 2.75) is 70.8 Å². The van der Waals surface area contributed by atoms with Gasteiger partial charge in [-0.15, -0.1) is 0 Å². The number of nitro groups is 1. The lowest BCUT2D eigenvalue weighted by Crippen LogP contribution is -2.57. The van der Waals surface area contributed by atoms with Crippen LogP contribution in [0.15, 0.2) is 18.2 Å². The van der Waals surface area contributed by atoms with E-state index in [1.54, 1.807) is 12.1 Å². The number of nitro benzene ring substituents is 1. The van der Waals surface area contributed by atoms with Crippen LogP contribution in [0.2, 0.25) is 0 Å². The van der Waals surface area contributed by atoms with Crippen molar-refractivity contribution in [1.29, 1.82) is 0 Å². The van der Waals surface area contributed by atoms with Crippen LogP contribution in [0, 0.1) is 33.3 Å². The maximum atomic E-state index is 12.9. The van der Waals surface area contributed by atoms with Gasteiger partial charge < -0.3 is 10.2 Å². The van der Waals surface area contributed by atoms with Gasteiger partial charge in [0.2, 0.25) is 0 Å². The van der Waals surface area contributed by atoms with E-state index in [4.69, 9.17) is 12.2 Å². The van der Waals surface area contributed by atoms with Crippen LogP contribution in [0.3, 0.4) is 0 Å². The van der Waals surface area contributed by atoms with Gasteiger partial charge in [-0.05, 0) is 112 Å². The number of thiocarbonyl (C=S) groups is 1. The number of carbonyl (C=O) groups is 1. The fourth-order valence-electron chi connectivity index (χ4n) is 7.48. The molecule has 1 saturated heterocycles. The first kappa shape index (κ1) is 22.6. The topological polar surface area (TPSA) is 87.5 Å². The van der Waals surface area contributed by atoms with E-state index < -0.39 is 10.8 Å². The number of piperidine rings is 1. The normalized spacial score (nSPS) is 31.2. The van der Waals surface area contributed by atoms with Crippen molar-refractivity contribution < 1.29 is 9.72 Å². The van der Waals surface area contributed by atoms with Gasteiger partial charge >= 0.3 is 0 Å².